The van der Waals surface area contributed by atoms with Crippen molar-refractivity contribution in [1.82, 2.24) is 19.4 Å². The van der Waals surface area contributed by atoms with Crippen LogP contribution in [0, 0.1) is 6.92 Å². The topological polar surface area (TPSA) is 112 Å². The number of rotatable bonds is 4. The second kappa shape index (κ2) is 7.31. The van der Waals surface area contributed by atoms with Gasteiger partial charge in [-0.3, -0.25) is 4.98 Å². The zero-order chi connectivity index (χ0) is 20.7. The molecule has 4 heterocycles. The van der Waals surface area contributed by atoms with Crippen molar-refractivity contribution < 1.29 is 22.1 Å². The first kappa shape index (κ1) is 18.9. The summed E-state index contributed by atoms with van der Waals surface area (Å²) in [5, 5.41) is 4.69. The highest BCUT2D eigenvalue weighted by atomic mass is 32.2. The van der Waals surface area contributed by atoms with Gasteiger partial charge in [-0.2, -0.15) is 9.29 Å². The minimum Gasteiger partial charge on any atom is -0.451 e. The van der Waals surface area contributed by atoms with Crippen molar-refractivity contribution in [2.75, 3.05) is 26.3 Å². The summed E-state index contributed by atoms with van der Waals surface area (Å²) in [6, 6.07) is 8.39. The molecule has 0 bridgehead atoms. The smallest absolute Gasteiger partial charge is 0.294 e. The van der Waals surface area contributed by atoms with Crippen LogP contribution in [-0.2, 0) is 14.8 Å². The maximum atomic E-state index is 13.0. The van der Waals surface area contributed by atoms with Crippen LogP contribution in [0.25, 0.3) is 34.0 Å². The lowest BCUT2D eigenvalue weighted by Crippen LogP contribution is -2.40. The number of fused-ring (bicyclic) bond motifs is 1. The fraction of sp³-hybridized carbons (Fsp3) is 0.250. The third-order valence-corrected chi connectivity index (χ3v) is 6.97. The van der Waals surface area contributed by atoms with E-state index in [1.54, 1.807) is 42.7 Å². The summed E-state index contributed by atoms with van der Waals surface area (Å²) in [6.07, 6.45) is 3.29. The molecule has 0 N–H and O–H groups in total. The Kier molecular flexibility index (Phi) is 4.61. The Morgan fingerprint density at radius 3 is 2.60 bits per heavy atom. The van der Waals surface area contributed by atoms with Crippen LogP contribution in [0.1, 0.15) is 5.56 Å². The van der Waals surface area contributed by atoms with Gasteiger partial charge >= 0.3 is 0 Å². The molecule has 30 heavy (non-hydrogen) atoms. The summed E-state index contributed by atoms with van der Waals surface area (Å²) in [6.45, 7) is 3.31. The largest absolute Gasteiger partial charge is 0.451 e. The van der Waals surface area contributed by atoms with Crippen molar-refractivity contribution in [1.29, 1.82) is 0 Å². The van der Waals surface area contributed by atoms with E-state index in [1.807, 2.05) is 6.92 Å². The van der Waals surface area contributed by atoms with Crippen molar-refractivity contribution >= 4 is 21.0 Å². The van der Waals surface area contributed by atoms with Crippen LogP contribution in [0.3, 0.4) is 0 Å². The Labute approximate surface area is 172 Å². The van der Waals surface area contributed by atoms with Crippen molar-refractivity contribution in [3.05, 3.63) is 48.3 Å². The number of sulfonamides is 1. The normalized spacial score (nSPS) is 15.6. The molecule has 0 aliphatic carbocycles. The van der Waals surface area contributed by atoms with Crippen LogP contribution in [0.4, 0.5) is 0 Å². The number of hydrogen-bond donors (Lipinski definition) is 0. The lowest BCUT2D eigenvalue weighted by atomic mass is 10.1. The molecule has 1 saturated heterocycles. The lowest BCUT2D eigenvalue weighted by molar-refractivity contribution is 0.0730. The zero-order valence-electron chi connectivity index (χ0n) is 16.1. The molecule has 1 aromatic carbocycles. The zero-order valence-corrected chi connectivity index (χ0v) is 16.9. The van der Waals surface area contributed by atoms with Gasteiger partial charge in [-0.15, -0.1) is 0 Å². The van der Waals surface area contributed by atoms with Crippen LogP contribution in [0.5, 0.6) is 0 Å². The van der Waals surface area contributed by atoms with E-state index < -0.39 is 10.0 Å². The molecule has 0 saturated carbocycles. The number of morpholine rings is 1. The first-order valence-corrected chi connectivity index (χ1v) is 10.8. The Bertz CT molecular complexity index is 1310. The summed E-state index contributed by atoms with van der Waals surface area (Å²) in [5.41, 5.74) is 2.05. The van der Waals surface area contributed by atoms with Gasteiger partial charge in [-0.25, -0.2) is 8.42 Å². The van der Waals surface area contributed by atoms with Crippen LogP contribution in [0.2, 0.25) is 0 Å². The summed E-state index contributed by atoms with van der Waals surface area (Å²) in [5.74, 6) is 1.06. The molecule has 10 heteroatoms. The fourth-order valence-corrected chi connectivity index (χ4v) is 4.87. The van der Waals surface area contributed by atoms with Gasteiger partial charge in [0.2, 0.25) is 15.8 Å². The Morgan fingerprint density at radius 1 is 1.07 bits per heavy atom. The molecule has 1 aliphatic rings. The molecular weight excluding hydrogens is 408 g/mol. The molecule has 0 spiro atoms. The second-order valence-electron chi connectivity index (χ2n) is 6.89. The van der Waals surface area contributed by atoms with E-state index in [0.717, 1.165) is 11.1 Å². The summed E-state index contributed by atoms with van der Waals surface area (Å²) < 4.78 is 43.9. The predicted molar refractivity (Wildman–Crippen MR) is 107 cm³/mol. The molecule has 0 atom stereocenters. The monoisotopic (exact) mass is 426 g/mol. The molecule has 0 radical (unpaired) electrons. The van der Waals surface area contributed by atoms with Crippen molar-refractivity contribution in [2.24, 2.45) is 0 Å². The van der Waals surface area contributed by atoms with Crippen molar-refractivity contribution in [3.63, 3.8) is 0 Å². The molecule has 9 nitrogen and oxygen atoms in total. The van der Waals surface area contributed by atoms with Gasteiger partial charge in [-0.05, 0) is 37.3 Å². The number of ether oxygens (including phenoxy) is 1. The molecule has 5 rings (SSSR count). The minimum absolute atomic E-state index is 0.218. The number of hydrogen-bond acceptors (Lipinski definition) is 8. The van der Waals surface area contributed by atoms with E-state index in [4.69, 9.17) is 13.7 Å². The third-order valence-electron chi connectivity index (χ3n) is 5.07. The molecule has 4 aromatic rings. The maximum absolute atomic E-state index is 13.0. The van der Waals surface area contributed by atoms with Crippen LogP contribution < -0.4 is 0 Å². The summed E-state index contributed by atoms with van der Waals surface area (Å²) in [4.78, 5) is 8.61. The van der Waals surface area contributed by atoms with E-state index >= 15 is 0 Å². The number of aromatic nitrogens is 3. The first-order chi connectivity index (χ1) is 14.5. The highest BCUT2D eigenvalue weighted by Gasteiger charge is 2.28. The van der Waals surface area contributed by atoms with Crippen LogP contribution in [0.15, 0.2) is 56.6 Å². The molecule has 0 amide bonds. The Morgan fingerprint density at radius 2 is 1.83 bits per heavy atom. The Hall–Kier alpha value is -3.08. The van der Waals surface area contributed by atoms with Crippen molar-refractivity contribution in [3.8, 4) is 23.0 Å². The summed E-state index contributed by atoms with van der Waals surface area (Å²) in [7, 11) is -3.60. The first-order valence-electron chi connectivity index (χ1n) is 9.39. The molecule has 1 fully saturated rings. The van der Waals surface area contributed by atoms with Gasteiger partial charge in [0.05, 0.1) is 18.1 Å². The van der Waals surface area contributed by atoms with E-state index in [1.165, 1.54) is 4.31 Å². The molecule has 0 unspecified atom stereocenters. The van der Waals surface area contributed by atoms with Gasteiger partial charge in [0.15, 0.2) is 5.76 Å². The van der Waals surface area contributed by atoms with Crippen LogP contribution in [-0.4, -0.2) is 54.2 Å². The standard InChI is InChI=1S/C20H18N4O5S/c1-13-16-12-15(30(25,26)24-8-10-27-11-9-24)2-3-17(16)28-18(13)20-22-19(23-29-20)14-4-6-21-7-5-14/h2-7,12H,8-11H2,1H3. The van der Waals surface area contributed by atoms with Gasteiger partial charge in [0.25, 0.3) is 5.89 Å². The average Bonchev–Trinajstić information content (AvgIpc) is 3.40. The molecule has 3 aromatic heterocycles. The average molecular weight is 426 g/mol. The fourth-order valence-electron chi connectivity index (χ4n) is 3.43. The van der Waals surface area contributed by atoms with E-state index in [0.29, 0.717) is 48.9 Å². The Balaban J connectivity index is 1.53. The van der Waals surface area contributed by atoms with Crippen molar-refractivity contribution in [2.45, 2.75) is 11.8 Å². The number of furan rings is 1. The molecule has 154 valence electrons. The number of benzene rings is 1. The highest BCUT2D eigenvalue weighted by molar-refractivity contribution is 7.89. The van der Waals surface area contributed by atoms with Gasteiger partial charge in [0.1, 0.15) is 5.58 Å². The summed E-state index contributed by atoms with van der Waals surface area (Å²) >= 11 is 0. The lowest BCUT2D eigenvalue weighted by Gasteiger charge is -2.26. The SMILES string of the molecule is Cc1c(-c2nc(-c3ccncc3)no2)oc2ccc(S(=O)(=O)N3CCOCC3)cc12. The number of aryl methyl sites for hydroxylation is 1. The molecular formula is C20H18N4O5S. The van der Waals surface area contributed by atoms with Gasteiger partial charge < -0.3 is 13.7 Å². The van der Waals surface area contributed by atoms with E-state index in [-0.39, 0.29) is 10.8 Å². The van der Waals surface area contributed by atoms with E-state index in [2.05, 4.69) is 15.1 Å². The van der Waals surface area contributed by atoms with Gasteiger partial charge in [0, 0.05) is 42.0 Å². The maximum Gasteiger partial charge on any atom is 0.294 e. The predicted octanol–water partition coefficient (Wildman–Crippen LogP) is 2.87. The van der Waals surface area contributed by atoms with Crippen LogP contribution >= 0.6 is 0 Å². The number of pyridine rings is 1. The molecule has 1 aliphatic heterocycles. The third kappa shape index (κ3) is 3.18. The second-order valence-corrected chi connectivity index (χ2v) is 8.83. The minimum atomic E-state index is -3.60. The number of nitrogens with zero attached hydrogens (tertiary/aromatic N) is 4. The van der Waals surface area contributed by atoms with E-state index in [9.17, 15) is 8.42 Å². The van der Waals surface area contributed by atoms with Gasteiger partial charge in [-0.1, -0.05) is 5.16 Å². The quantitative estimate of drug-likeness (QED) is 0.490. The highest BCUT2D eigenvalue weighted by Crippen LogP contribution is 2.34.